The Balaban J connectivity index is 2.17. The van der Waals surface area contributed by atoms with Crippen LogP contribution < -0.4 is 10.2 Å². The van der Waals surface area contributed by atoms with Gasteiger partial charge in [-0.2, -0.15) is 0 Å². The third kappa shape index (κ3) is 2.57. The second kappa shape index (κ2) is 4.89. The molecule has 2 nitrogen and oxygen atoms in total. The van der Waals surface area contributed by atoms with Crippen molar-refractivity contribution >= 4 is 39.9 Å². The molecule has 1 atom stereocenters. The first-order valence-electron chi connectivity index (χ1n) is 5.08. The van der Waals surface area contributed by atoms with E-state index in [0.29, 0.717) is 6.04 Å². The molecule has 1 aromatic carbocycles. The minimum Gasteiger partial charge on any atom is -0.369 e. The third-order valence-electron chi connectivity index (χ3n) is 2.85. The Kier molecular flexibility index (Phi) is 3.74. The van der Waals surface area contributed by atoms with Crippen molar-refractivity contribution in [2.75, 3.05) is 25.0 Å². The summed E-state index contributed by atoms with van der Waals surface area (Å²) in [5.41, 5.74) is 1.16. The molecule has 1 aliphatic heterocycles. The van der Waals surface area contributed by atoms with Crippen LogP contribution in [0.2, 0.25) is 5.02 Å². The smallest absolute Gasteiger partial charge is 0.0650 e. The molecule has 1 fully saturated rings. The Bertz CT molecular complexity index is 356. The molecule has 1 aliphatic rings. The van der Waals surface area contributed by atoms with E-state index in [1.165, 1.54) is 9.99 Å². The largest absolute Gasteiger partial charge is 0.369 e. The number of hydrogen-bond acceptors (Lipinski definition) is 2. The highest BCUT2D eigenvalue weighted by molar-refractivity contribution is 14.1. The van der Waals surface area contributed by atoms with Crippen molar-refractivity contribution in [3.05, 3.63) is 26.8 Å². The van der Waals surface area contributed by atoms with Gasteiger partial charge in [0.25, 0.3) is 0 Å². The Morgan fingerprint density at radius 1 is 1.53 bits per heavy atom. The van der Waals surface area contributed by atoms with E-state index in [1.807, 2.05) is 13.1 Å². The van der Waals surface area contributed by atoms with Crippen LogP contribution in [-0.2, 0) is 0 Å². The van der Waals surface area contributed by atoms with Gasteiger partial charge in [-0.1, -0.05) is 11.6 Å². The van der Waals surface area contributed by atoms with E-state index in [1.54, 1.807) is 0 Å². The van der Waals surface area contributed by atoms with E-state index in [9.17, 15) is 0 Å². The van der Waals surface area contributed by atoms with E-state index in [-0.39, 0.29) is 0 Å². The Labute approximate surface area is 109 Å². The van der Waals surface area contributed by atoms with Gasteiger partial charge in [-0.05, 0) is 54.3 Å². The number of halogens is 2. The highest BCUT2D eigenvalue weighted by Crippen LogP contribution is 2.29. The van der Waals surface area contributed by atoms with Crippen molar-refractivity contribution in [1.82, 2.24) is 5.32 Å². The molecule has 0 saturated carbocycles. The maximum Gasteiger partial charge on any atom is 0.0650 e. The summed E-state index contributed by atoms with van der Waals surface area (Å²) in [4.78, 5) is 2.35. The molecule has 4 heteroatoms. The highest BCUT2D eigenvalue weighted by Gasteiger charge is 2.22. The van der Waals surface area contributed by atoms with Crippen LogP contribution in [0.4, 0.5) is 5.69 Å². The summed E-state index contributed by atoms with van der Waals surface area (Å²) in [6.45, 7) is 2.14. The summed E-state index contributed by atoms with van der Waals surface area (Å²) in [7, 11) is 2.02. The molecule has 15 heavy (non-hydrogen) atoms. The molecular weight excluding hydrogens is 322 g/mol. The zero-order valence-corrected chi connectivity index (χ0v) is 11.5. The van der Waals surface area contributed by atoms with Gasteiger partial charge in [-0.15, -0.1) is 0 Å². The van der Waals surface area contributed by atoms with E-state index < -0.39 is 0 Å². The van der Waals surface area contributed by atoms with Gasteiger partial charge in [0.05, 0.1) is 10.7 Å². The standard InChI is InChI=1S/C11H14ClIN2/c1-14-9-4-5-15(7-9)11-3-2-8(13)6-10(11)12/h2-3,6,9,14H,4-5,7H2,1H3. The van der Waals surface area contributed by atoms with E-state index in [0.717, 1.165) is 23.8 Å². The molecule has 0 spiro atoms. The van der Waals surface area contributed by atoms with Gasteiger partial charge < -0.3 is 10.2 Å². The molecule has 0 aliphatic carbocycles. The maximum atomic E-state index is 6.23. The predicted molar refractivity (Wildman–Crippen MR) is 73.8 cm³/mol. The minimum atomic E-state index is 0.598. The zero-order valence-electron chi connectivity index (χ0n) is 8.63. The number of likely N-dealkylation sites (N-methyl/N-ethyl adjacent to an activating group) is 1. The van der Waals surface area contributed by atoms with Crippen molar-refractivity contribution in [1.29, 1.82) is 0 Å². The van der Waals surface area contributed by atoms with E-state index in [4.69, 9.17) is 11.6 Å². The summed E-state index contributed by atoms with van der Waals surface area (Å²) in [6, 6.07) is 6.83. The Morgan fingerprint density at radius 3 is 2.93 bits per heavy atom. The lowest BCUT2D eigenvalue weighted by molar-refractivity contribution is 0.617. The number of benzene rings is 1. The Hall–Kier alpha value is -0.0000000000000000555. The van der Waals surface area contributed by atoms with Gasteiger partial charge in [0.2, 0.25) is 0 Å². The molecule has 1 unspecified atom stereocenters. The summed E-state index contributed by atoms with van der Waals surface area (Å²) in [5.74, 6) is 0. The molecule has 1 heterocycles. The maximum absolute atomic E-state index is 6.23. The number of nitrogens with zero attached hydrogens (tertiary/aromatic N) is 1. The van der Waals surface area contributed by atoms with Crippen molar-refractivity contribution in [3.63, 3.8) is 0 Å². The molecule has 0 aromatic heterocycles. The number of anilines is 1. The van der Waals surface area contributed by atoms with Crippen molar-refractivity contribution < 1.29 is 0 Å². The number of nitrogens with one attached hydrogen (secondary N) is 1. The van der Waals surface area contributed by atoms with Gasteiger partial charge in [-0.25, -0.2) is 0 Å². The van der Waals surface area contributed by atoms with Crippen LogP contribution in [0.5, 0.6) is 0 Å². The van der Waals surface area contributed by atoms with Crippen molar-refractivity contribution in [2.24, 2.45) is 0 Å². The molecule has 2 rings (SSSR count). The summed E-state index contributed by atoms with van der Waals surface area (Å²) in [5, 5.41) is 4.17. The van der Waals surface area contributed by atoms with E-state index >= 15 is 0 Å². The quantitative estimate of drug-likeness (QED) is 0.836. The first-order valence-corrected chi connectivity index (χ1v) is 6.53. The van der Waals surface area contributed by atoms with Crippen LogP contribution >= 0.6 is 34.2 Å². The van der Waals surface area contributed by atoms with Crippen LogP contribution in [0.25, 0.3) is 0 Å². The zero-order chi connectivity index (χ0) is 10.8. The number of rotatable bonds is 2. The molecule has 1 saturated heterocycles. The van der Waals surface area contributed by atoms with Crippen molar-refractivity contribution in [3.8, 4) is 0 Å². The molecule has 1 aromatic rings. The van der Waals surface area contributed by atoms with Crippen molar-refractivity contribution in [2.45, 2.75) is 12.5 Å². The lowest BCUT2D eigenvalue weighted by atomic mass is 10.3. The normalized spacial score (nSPS) is 21.0. The van der Waals surface area contributed by atoms with Gasteiger partial charge in [0.1, 0.15) is 0 Å². The van der Waals surface area contributed by atoms with E-state index in [2.05, 4.69) is 44.9 Å². The molecule has 1 N–H and O–H groups in total. The van der Waals surface area contributed by atoms with Crippen LogP contribution in [0.3, 0.4) is 0 Å². The van der Waals surface area contributed by atoms with Gasteiger partial charge in [0, 0.05) is 22.7 Å². The second-order valence-corrected chi connectivity index (χ2v) is 5.47. The predicted octanol–water partition coefficient (Wildman–Crippen LogP) is 2.74. The van der Waals surface area contributed by atoms with Gasteiger partial charge in [-0.3, -0.25) is 0 Å². The van der Waals surface area contributed by atoms with Crippen LogP contribution in [0.1, 0.15) is 6.42 Å². The average Bonchev–Trinajstić information content (AvgIpc) is 2.66. The molecular formula is C11H14ClIN2. The molecule has 0 bridgehead atoms. The fourth-order valence-corrected chi connectivity index (χ4v) is 2.93. The first-order chi connectivity index (χ1) is 7.20. The molecule has 82 valence electrons. The average molecular weight is 337 g/mol. The topological polar surface area (TPSA) is 15.3 Å². The number of hydrogen-bond donors (Lipinski definition) is 1. The molecule has 0 amide bonds. The molecule has 0 radical (unpaired) electrons. The summed E-state index contributed by atoms with van der Waals surface area (Å²) in [6.07, 6.45) is 1.19. The van der Waals surface area contributed by atoms with Crippen LogP contribution in [0.15, 0.2) is 18.2 Å². The summed E-state index contributed by atoms with van der Waals surface area (Å²) >= 11 is 8.52. The monoisotopic (exact) mass is 336 g/mol. The lowest BCUT2D eigenvalue weighted by Crippen LogP contribution is -2.29. The van der Waals surface area contributed by atoms with Gasteiger partial charge in [0.15, 0.2) is 0 Å². The van der Waals surface area contributed by atoms with Gasteiger partial charge >= 0.3 is 0 Å². The lowest BCUT2D eigenvalue weighted by Gasteiger charge is -2.20. The fourth-order valence-electron chi connectivity index (χ4n) is 1.95. The second-order valence-electron chi connectivity index (χ2n) is 3.82. The van der Waals surface area contributed by atoms with Crippen LogP contribution in [-0.4, -0.2) is 26.2 Å². The summed E-state index contributed by atoms with van der Waals surface area (Å²) < 4.78 is 1.19. The first kappa shape index (κ1) is 11.5. The third-order valence-corrected chi connectivity index (χ3v) is 3.82. The highest BCUT2D eigenvalue weighted by atomic mass is 127. The Morgan fingerprint density at radius 2 is 2.33 bits per heavy atom. The fraction of sp³-hybridized carbons (Fsp3) is 0.455. The SMILES string of the molecule is CNC1CCN(c2ccc(I)cc2Cl)C1. The van der Waals surface area contributed by atoms with Crippen LogP contribution in [0, 0.1) is 3.57 Å². The minimum absolute atomic E-state index is 0.598.